The van der Waals surface area contributed by atoms with Gasteiger partial charge in [0.15, 0.2) is 0 Å². The van der Waals surface area contributed by atoms with Crippen molar-refractivity contribution in [3.8, 4) is 5.75 Å². The van der Waals surface area contributed by atoms with Crippen molar-refractivity contribution in [2.75, 3.05) is 13.2 Å². The van der Waals surface area contributed by atoms with Gasteiger partial charge in [0.1, 0.15) is 5.75 Å². The van der Waals surface area contributed by atoms with Gasteiger partial charge in [0.05, 0.1) is 18.1 Å². The quantitative estimate of drug-likeness (QED) is 0.776. The summed E-state index contributed by atoms with van der Waals surface area (Å²) in [4.78, 5) is 11.6. The van der Waals surface area contributed by atoms with Crippen LogP contribution in [0.15, 0.2) is 18.2 Å². The highest BCUT2D eigenvalue weighted by molar-refractivity contribution is 6.32. The molecule has 0 bridgehead atoms. The Balaban J connectivity index is 1.81. The van der Waals surface area contributed by atoms with Crippen LogP contribution >= 0.6 is 11.6 Å². The number of nitrogens with one attached hydrogen (secondary N) is 2. The predicted molar refractivity (Wildman–Crippen MR) is 84.8 cm³/mol. The second-order valence-electron chi connectivity index (χ2n) is 5.41. The largest absolute Gasteiger partial charge is 0.491 e. The summed E-state index contributed by atoms with van der Waals surface area (Å²) in [6.07, 6.45) is 2.57. The van der Waals surface area contributed by atoms with Crippen molar-refractivity contribution >= 4 is 17.5 Å². The zero-order valence-corrected chi connectivity index (χ0v) is 13.4. The minimum absolute atomic E-state index is 0.0472. The number of benzene rings is 1. The zero-order chi connectivity index (χ0) is 15.2. The van der Waals surface area contributed by atoms with E-state index in [4.69, 9.17) is 16.3 Å². The van der Waals surface area contributed by atoms with Gasteiger partial charge in [-0.05, 0) is 44.0 Å². The maximum absolute atomic E-state index is 11.6. The first-order valence-corrected chi connectivity index (χ1v) is 7.93. The van der Waals surface area contributed by atoms with E-state index >= 15 is 0 Å². The van der Waals surface area contributed by atoms with Crippen LogP contribution in [0.25, 0.3) is 0 Å². The van der Waals surface area contributed by atoms with Crippen LogP contribution in [0.1, 0.15) is 44.7 Å². The van der Waals surface area contributed by atoms with Gasteiger partial charge in [0, 0.05) is 12.1 Å². The fourth-order valence-electron chi connectivity index (χ4n) is 2.11. The maximum atomic E-state index is 11.6. The smallest absolute Gasteiger partial charge is 0.223 e. The van der Waals surface area contributed by atoms with Gasteiger partial charge in [-0.3, -0.25) is 4.79 Å². The van der Waals surface area contributed by atoms with E-state index in [9.17, 15) is 4.79 Å². The molecule has 4 nitrogen and oxygen atoms in total. The molecule has 1 amide bonds. The van der Waals surface area contributed by atoms with Gasteiger partial charge < -0.3 is 15.4 Å². The number of carbonyl (C=O) groups excluding carboxylic acids is 1. The highest BCUT2D eigenvalue weighted by Crippen LogP contribution is 2.28. The molecule has 0 aromatic heterocycles. The van der Waals surface area contributed by atoms with Crippen LogP contribution in [-0.2, 0) is 4.79 Å². The number of ether oxygens (including phenoxy) is 1. The minimum atomic E-state index is 0.0472. The fourth-order valence-corrected chi connectivity index (χ4v) is 2.35. The third-order valence-electron chi connectivity index (χ3n) is 3.50. The highest BCUT2D eigenvalue weighted by Gasteiger charge is 2.22. The fraction of sp³-hybridized carbons (Fsp3) is 0.562. The molecule has 0 radical (unpaired) electrons. The van der Waals surface area contributed by atoms with Crippen molar-refractivity contribution in [1.29, 1.82) is 0 Å². The Morgan fingerprint density at radius 3 is 2.86 bits per heavy atom. The second-order valence-corrected chi connectivity index (χ2v) is 5.82. The van der Waals surface area contributed by atoms with Gasteiger partial charge in [-0.15, -0.1) is 0 Å². The van der Waals surface area contributed by atoms with E-state index in [0.717, 1.165) is 24.9 Å². The lowest BCUT2D eigenvalue weighted by Gasteiger charge is -2.15. The molecule has 1 fully saturated rings. The first-order chi connectivity index (χ1) is 10.1. The lowest BCUT2D eigenvalue weighted by molar-refractivity contribution is -0.121. The Bertz CT molecular complexity index is 489. The molecule has 2 N–H and O–H groups in total. The number of halogens is 1. The van der Waals surface area contributed by atoms with Crippen molar-refractivity contribution in [1.82, 2.24) is 10.6 Å². The van der Waals surface area contributed by atoms with Crippen molar-refractivity contribution in [3.05, 3.63) is 28.8 Å². The Labute approximate surface area is 131 Å². The standard InChI is InChI=1S/C16H23ClN2O2/c1-3-18-11(2)12-4-7-15(14(17)10-12)21-9-8-16(20)19-13-5-6-13/h4,7,10-11,13,18H,3,5-6,8-9H2,1-2H3,(H,19,20). The molecular formula is C16H23ClN2O2. The van der Waals surface area contributed by atoms with E-state index in [0.29, 0.717) is 29.8 Å². The van der Waals surface area contributed by atoms with E-state index in [-0.39, 0.29) is 11.9 Å². The number of carbonyl (C=O) groups is 1. The highest BCUT2D eigenvalue weighted by atomic mass is 35.5. The molecule has 1 aromatic rings. The number of hydrogen-bond donors (Lipinski definition) is 2. The van der Waals surface area contributed by atoms with Crippen LogP contribution in [0.4, 0.5) is 0 Å². The van der Waals surface area contributed by atoms with Gasteiger partial charge in [-0.1, -0.05) is 24.6 Å². The SMILES string of the molecule is CCNC(C)c1ccc(OCCC(=O)NC2CC2)c(Cl)c1. The van der Waals surface area contributed by atoms with E-state index in [1.807, 2.05) is 18.2 Å². The molecule has 0 heterocycles. The molecule has 116 valence electrons. The van der Waals surface area contributed by atoms with Crippen LogP contribution in [0.2, 0.25) is 5.02 Å². The summed E-state index contributed by atoms with van der Waals surface area (Å²) >= 11 is 6.23. The average molecular weight is 311 g/mol. The summed E-state index contributed by atoms with van der Waals surface area (Å²) in [5.41, 5.74) is 1.13. The molecule has 1 atom stereocenters. The van der Waals surface area contributed by atoms with Crippen LogP contribution in [-0.4, -0.2) is 25.1 Å². The molecule has 1 aromatic carbocycles. The van der Waals surface area contributed by atoms with E-state index < -0.39 is 0 Å². The van der Waals surface area contributed by atoms with Gasteiger partial charge in [0.25, 0.3) is 0 Å². The van der Waals surface area contributed by atoms with Crippen molar-refractivity contribution < 1.29 is 9.53 Å². The molecule has 0 saturated heterocycles. The van der Waals surface area contributed by atoms with Gasteiger partial charge in [-0.2, -0.15) is 0 Å². The predicted octanol–water partition coefficient (Wildman–Crippen LogP) is 3.06. The lowest BCUT2D eigenvalue weighted by atomic mass is 10.1. The Kier molecular flexibility index (Phi) is 5.88. The second kappa shape index (κ2) is 7.66. The van der Waals surface area contributed by atoms with E-state index in [1.165, 1.54) is 0 Å². The van der Waals surface area contributed by atoms with Gasteiger partial charge in [-0.25, -0.2) is 0 Å². The molecule has 1 aliphatic rings. The monoisotopic (exact) mass is 310 g/mol. The third kappa shape index (κ3) is 5.21. The topological polar surface area (TPSA) is 50.4 Å². The first kappa shape index (κ1) is 16.1. The zero-order valence-electron chi connectivity index (χ0n) is 12.6. The number of rotatable bonds is 8. The molecule has 21 heavy (non-hydrogen) atoms. The molecule has 1 unspecified atom stereocenters. The van der Waals surface area contributed by atoms with Gasteiger partial charge >= 0.3 is 0 Å². The molecule has 0 aliphatic heterocycles. The summed E-state index contributed by atoms with van der Waals surface area (Å²) in [6.45, 7) is 5.42. The van der Waals surface area contributed by atoms with Crippen LogP contribution < -0.4 is 15.4 Å². The van der Waals surface area contributed by atoms with Crippen molar-refractivity contribution in [3.63, 3.8) is 0 Å². The van der Waals surface area contributed by atoms with Crippen LogP contribution in [0.3, 0.4) is 0 Å². The van der Waals surface area contributed by atoms with Gasteiger partial charge in [0.2, 0.25) is 5.91 Å². The number of hydrogen-bond acceptors (Lipinski definition) is 3. The molecule has 1 aliphatic carbocycles. The van der Waals surface area contributed by atoms with Crippen LogP contribution in [0, 0.1) is 0 Å². The summed E-state index contributed by atoms with van der Waals surface area (Å²) in [7, 11) is 0. The van der Waals surface area contributed by atoms with Crippen molar-refractivity contribution in [2.24, 2.45) is 0 Å². The summed E-state index contributed by atoms with van der Waals surface area (Å²) in [6, 6.07) is 6.43. The van der Waals surface area contributed by atoms with E-state index in [2.05, 4.69) is 24.5 Å². The average Bonchev–Trinajstić information content (AvgIpc) is 3.24. The molecular weight excluding hydrogens is 288 g/mol. The Morgan fingerprint density at radius 2 is 2.24 bits per heavy atom. The minimum Gasteiger partial charge on any atom is -0.491 e. The molecule has 0 spiro atoms. The number of amides is 1. The Morgan fingerprint density at radius 1 is 1.48 bits per heavy atom. The van der Waals surface area contributed by atoms with E-state index in [1.54, 1.807) is 0 Å². The maximum Gasteiger partial charge on any atom is 0.223 e. The third-order valence-corrected chi connectivity index (χ3v) is 3.79. The first-order valence-electron chi connectivity index (χ1n) is 7.55. The molecule has 2 rings (SSSR count). The molecule has 5 heteroatoms. The summed E-state index contributed by atoms with van der Waals surface area (Å²) in [5, 5.41) is 6.85. The lowest BCUT2D eigenvalue weighted by Crippen LogP contribution is -2.26. The summed E-state index contributed by atoms with van der Waals surface area (Å²) in [5.74, 6) is 0.675. The normalized spacial score (nSPS) is 15.6. The summed E-state index contributed by atoms with van der Waals surface area (Å²) < 4.78 is 5.59. The van der Waals surface area contributed by atoms with Crippen molar-refractivity contribution in [2.45, 2.75) is 45.2 Å². The van der Waals surface area contributed by atoms with Crippen LogP contribution in [0.5, 0.6) is 5.75 Å². The molecule has 1 saturated carbocycles. The Hall–Kier alpha value is -1.26.